The number of methoxy groups -OCH3 is 3. The Labute approximate surface area is 677 Å². The number of aliphatic hydroxyl groups excluding tert-OH is 1. The van der Waals surface area contributed by atoms with Gasteiger partial charge in [-0.25, -0.2) is 4.79 Å². The molecule has 0 aromatic carbocycles. The Morgan fingerprint density at radius 1 is 0.464 bits per heavy atom. The molecule has 112 heavy (non-hydrogen) atoms. The van der Waals surface area contributed by atoms with E-state index in [1.54, 1.807) is 32.7 Å². The Balaban J connectivity index is 0.000000155. The minimum Gasteiger partial charge on any atom is -0.453 e. The van der Waals surface area contributed by atoms with E-state index in [1.165, 1.54) is 76.9 Å². The van der Waals surface area contributed by atoms with Crippen LogP contribution in [-0.4, -0.2) is 276 Å². The van der Waals surface area contributed by atoms with Crippen molar-refractivity contribution in [3.05, 3.63) is 72.8 Å². The van der Waals surface area contributed by atoms with Crippen LogP contribution in [0.5, 0.6) is 0 Å². The fourth-order valence-corrected chi connectivity index (χ4v) is 24.2. The number of amides is 1. The van der Waals surface area contributed by atoms with Gasteiger partial charge in [-0.05, 0) is 315 Å². The third-order valence-electron chi connectivity index (χ3n) is 27.2. The molecule has 18 atom stereocenters. The highest BCUT2D eigenvalue weighted by Gasteiger charge is 2.57. The molecule has 0 saturated carbocycles. The molecule has 14 rings (SSSR count). The summed E-state index contributed by atoms with van der Waals surface area (Å²) in [6.07, 6.45) is 33.5. The molecule has 2 aromatic heterocycles. The van der Waals surface area contributed by atoms with E-state index in [4.69, 9.17) is 18.9 Å². The Hall–Kier alpha value is -3.33. The molecule has 1 amide bonds. The second-order valence-corrected chi connectivity index (χ2v) is 42.7. The number of fused-ring (bicyclic) bond motifs is 12. The maximum absolute atomic E-state index is 11.1. The fourth-order valence-electron chi connectivity index (χ4n) is 24.2. The SMILES string of the molecule is C=CCOCC1(O)CC2CC[C@H](C1)N2C(C)(C)C.CC(C)(C)N1C2CC[C@@H]1CC(O)(CCc1cccnc1)C2.CC(C)(C)N1C2CC[C@@H]1CC(O)(COCc1ccccn1)C2.COC(=O)NCC1(O)CC2CC[C@H](C1)N2C(C)(C)C.COC1(CO)CC2CC[C@H](C1)N2C(C)(C)C.COCC1(O)CC2CC[C@H](C1)N2C(C)(C)C. The maximum Gasteiger partial charge on any atom is 0.406 e. The number of nitrogens with one attached hydrogen (secondary N) is 1. The molecular formula is C91H159N9O12. The third-order valence-corrected chi connectivity index (χ3v) is 27.2. The molecule has 2 aromatic rings. The number of hydrogen-bond acceptors (Lipinski definition) is 20. The lowest BCUT2D eigenvalue weighted by Crippen LogP contribution is -2.60. The number of piperidine rings is 6. The first-order valence-electron chi connectivity index (χ1n) is 43.5. The summed E-state index contributed by atoms with van der Waals surface area (Å²) in [5, 5.41) is 66.0. The van der Waals surface area contributed by atoms with Crippen LogP contribution in [0.25, 0.3) is 0 Å². The van der Waals surface area contributed by atoms with Crippen molar-refractivity contribution in [1.82, 2.24) is 44.7 Å². The molecule has 0 spiro atoms. The van der Waals surface area contributed by atoms with Gasteiger partial charge in [0.15, 0.2) is 0 Å². The first kappa shape index (κ1) is 92.6. The standard InChI is InChI=1S/C18H28N2O2.C18H28N2O.C15H27NO2.C14H26N2O3.2C13H25NO2/c1-17(2,3)20-15-7-8-16(20)11-18(21,10-15)13-22-12-14-6-4-5-9-19-14;1-17(2,3)20-15-6-7-16(20)12-18(21,11-15)9-8-14-5-4-10-19-13-14;1-5-8-18-11-15(17)9-12-6-7-13(10-15)16(12)14(2,3)4;1-13(2,3)16-10-5-6-11(16)8-14(18,7-10)9-15-12(17)19-4;1-12(2,3)14-10-5-6-11(14)8-13(15,7-10)9-16-4;1-12(2,3)14-10-5-6-11(14)8-13(7-10,9-15)16-4/h4-6,9,15-16,21H,7-8,10-13H2,1-3H3;4-5,10,13,15-16,21H,6-9,11-12H2,1-3H3;5,12-13,17H,1,6-11H2,2-4H3;10-11,18H,5-9H2,1-4H3,(H,15,17);2*10-11,15H,5-9H2,1-4H3/t2*15-,16?,18?;12-,13?,15?;10-,11?,14?;2*10-,11?,13?/m111111/s1. The summed E-state index contributed by atoms with van der Waals surface area (Å²) in [6, 6.07) is 16.1. The number of nitrogens with zero attached hydrogens (tertiary/aromatic N) is 8. The largest absolute Gasteiger partial charge is 0.453 e. The van der Waals surface area contributed by atoms with Gasteiger partial charge in [-0.15, -0.1) is 6.58 Å². The Bertz CT molecular complexity index is 3140. The van der Waals surface area contributed by atoms with Crippen LogP contribution in [0.3, 0.4) is 0 Å². The van der Waals surface area contributed by atoms with E-state index in [-0.39, 0.29) is 52.0 Å². The first-order valence-corrected chi connectivity index (χ1v) is 43.5. The van der Waals surface area contributed by atoms with Gasteiger partial charge in [0.1, 0.15) is 0 Å². The molecule has 21 heteroatoms. The molecule has 12 saturated heterocycles. The maximum atomic E-state index is 11.1. The third kappa shape index (κ3) is 23.8. The van der Waals surface area contributed by atoms with E-state index in [0.29, 0.717) is 106 Å². The zero-order valence-corrected chi connectivity index (χ0v) is 73.9. The molecule has 21 nitrogen and oxygen atoms in total. The van der Waals surface area contributed by atoms with Crippen LogP contribution in [0.2, 0.25) is 0 Å². The van der Waals surface area contributed by atoms with Gasteiger partial charge >= 0.3 is 6.09 Å². The van der Waals surface area contributed by atoms with Crippen molar-refractivity contribution in [2.24, 2.45) is 0 Å². The lowest BCUT2D eigenvalue weighted by atomic mass is 9.80. The molecule has 12 bridgehead atoms. The number of ether oxygens (including phenoxy) is 5. The summed E-state index contributed by atoms with van der Waals surface area (Å²) in [4.78, 5) is 35.2. The summed E-state index contributed by atoms with van der Waals surface area (Å²) in [5.74, 6) is 0. The lowest BCUT2D eigenvalue weighted by Gasteiger charge is -2.50. The van der Waals surface area contributed by atoms with Crippen molar-refractivity contribution in [2.75, 3.05) is 60.9 Å². The molecule has 0 aliphatic carbocycles. The van der Waals surface area contributed by atoms with E-state index < -0.39 is 34.1 Å². The Morgan fingerprint density at radius 3 is 1.10 bits per heavy atom. The summed E-state index contributed by atoms with van der Waals surface area (Å²) < 4.78 is 26.6. The highest BCUT2D eigenvalue weighted by molar-refractivity contribution is 5.67. The van der Waals surface area contributed by atoms with E-state index >= 15 is 0 Å². The van der Waals surface area contributed by atoms with Gasteiger partial charge in [0.05, 0.1) is 86.1 Å². The second-order valence-electron chi connectivity index (χ2n) is 42.7. The van der Waals surface area contributed by atoms with Crippen molar-refractivity contribution >= 4 is 6.09 Å². The van der Waals surface area contributed by atoms with Crippen molar-refractivity contribution in [2.45, 2.75) is 438 Å². The number of carbonyl (C=O) groups is 1. The smallest absolute Gasteiger partial charge is 0.406 e. The average molecular weight is 1570 g/mol. The van der Waals surface area contributed by atoms with Crippen molar-refractivity contribution < 1.29 is 59.1 Å². The van der Waals surface area contributed by atoms with Crippen LogP contribution < -0.4 is 5.32 Å². The minimum atomic E-state index is -0.790. The van der Waals surface area contributed by atoms with Crippen LogP contribution >= 0.6 is 0 Å². The van der Waals surface area contributed by atoms with Gasteiger partial charge in [0, 0.05) is 145 Å². The van der Waals surface area contributed by atoms with Crippen molar-refractivity contribution in [3.8, 4) is 0 Å². The van der Waals surface area contributed by atoms with Crippen molar-refractivity contribution in [1.29, 1.82) is 0 Å². The molecule has 12 aliphatic rings. The molecule has 640 valence electrons. The average Bonchev–Trinajstić information content (AvgIpc) is 1.62. The van der Waals surface area contributed by atoms with E-state index in [0.717, 1.165) is 108 Å². The molecule has 14 heterocycles. The molecular weight excluding hydrogens is 1410 g/mol. The monoisotopic (exact) mass is 1570 g/mol. The number of pyridine rings is 2. The molecule has 0 radical (unpaired) electrons. The van der Waals surface area contributed by atoms with Crippen molar-refractivity contribution in [3.63, 3.8) is 0 Å². The van der Waals surface area contributed by atoms with Gasteiger partial charge in [0.25, 0.3) is 0 Å². The van der Waals surface area contributed by atoms with Crippen LogP contribution in [0.15, 0.2) is 61.6 Å². The summed E-state index contributed by atoms with van der Waals surface area (Å²) in [5.41, 5.74) is -0.0735. The number of hydrogen-bond donors (Lipinski definition) is 7. The molecule has 12 aliphatic heterocycles. The van der Waals surface area contributed by atoms with E-state index in [2.05, 4.69) is 187 Å². The fraction of sp³-hybridized carbons (Fsp3) is 0.857. The number of carbonyl (C=O) groups excluding carboxylic acids is 1. The van der Waals surface area contributed by atoms with Crippen LogP contribution in [0, 0.1) is 0 Å². The van der Waals surface area contributed by atoms with E-state index in [9.17, 15) is 35.4 Å². The molecule has 7 N–H and O–H groups in total. The number of aliphatic hydroxyl groups is 6. The highest BCUT2D eigenvalue weighted by Crippen LogP contribution is 2.51. The first-order chi connectivity index (χ1) is 52.1. The van der Waals surface area contributed by atoms with Crippen LogP contribution in [0.1, 0.15) is 296 Å². The summed E-state index contributed by atoms with van der Waals surface area (Å²) >= 11 is 0. The van der Waals surface area contributed by atoms with Gasteiger partial charge in [-0.2, -0.15) is 0 Å². The Kier molecular flexibility index (Phi) is 30.7. The van der Waals surface area contributed by atoms with Gasteiger partial charge in [-0.3, -0.25) is 39.4 Å². The van der Waals surface area contributed by atoms with Crippen LogP contribution in [-0.2, 0) is 36.7 Å². The summed E-state index contributed by atoms with van der Waals surface area (Å²) in [7, 11) is 4.75. The highest BCUT2D eigenvalue weighted by atomic mass is 16.5. The predicted molar refractivity (Wildman–Crippen MR) is 447 cm³/mol. The number of aromatic nitrogens is 2. The number of alkyl carbamates (subject to hydrolysis) is 1. The predicted octanol–water partition coefficient (Wildman–Crippen LogP) is 13.3. The number of rotatable bonds is 17. The normalized spacial score (nSPS) is 36.0. The zero-order chi connectivity index (χ0) is 82.5. The molecule has 12 unspecified atom stereocenters. The second kappa shape index (κ2) is 37.1. The zero-order valence-electron chi connectivity index (χ0n) is 73.9. The van der Waals surface area contributed by atoms with Gasteiger partial charge in [0.2, 0.25) is 0 Å². The van der Waals surface area contributed by atoms with Gasteiger partial charge < -0.3 is 59.6 Å². The lowest BCUT2D eigenvalue weighted by molar-refractivity contribution is -0.123. The quantitative estimate of drug-likeness (QED) is 0.0575. The van der Waals surface area contributed by atoms with Gasteiger partial charge in [-0.1, -0.05) is 18.2 Å². The van der Waals surface area contributed by atoms with E-state index in [1.807, 2.05) is 30.5 Å². The Morgan fingerprint density at radius 2 is 0.804 bits per heavy atom. The minimum absolute atomic E-state index is 0.142. The van der Waals surface area contributed by atoms with Crippen LogP contribution in [0.4, 0.5) is 4.79 Å². The number of aryl methyl sites for hydroxylation is 1. The molecule has 12 fully saturated rings. The topological polar surface area (TPSA) is 242 Å². The summed E-state index contributed by atoms with van der Waals surface area (Å²) in [6.45, 7) is 47.4.